The molecule has 2 aromatic rings. The molecule has 2 rings (SSSR count). The highest BCUT2D eigenvalue weighted by molar-refractivity contribution is 9.10. The molecule has 0 saturated carbocycles. The zero-order chi connectivity index (χ0) is 14.5. The summed E-state index contributed by atoms with van der Waals surface area (Å²) in [5.41, 5.74) is 3.40. The Morgan fingerprint density at radius 2 is 1.75 bits per heavy atom. The molecule has 0 aliphatic carbocycles. The number of nitrogens with zero attached hydrogens (tertiary/aromatic N) is 1. The molecule has 0 fully saturated rings. The maximum atomic E-state index is 12.3. The van der Waals surface area contributed by atoms with Crippen LogP contribution in [0.3, 0.4) is 0 Å². The molecule has 2 nitrogen and oxygen atoms in total. The zero-order valence-corrected chi connectivity index (χ0v) is 13.4. The van der Waals surface area contributed by atoms with E-state index in [0.29, 0.717) is 13.0 Å². The number of rotatable bonds is 4. The first-order valence-electron chi connectivity index (χ1n) is 6.59. The van der Waals surface area contributed by atoms with E-state index in [2.05, 4.69) is 15.9 Å². The molecule has 0 aromatic heterocycles. The van der Waals surface area contributed by atoms with E-state index in [-0.39, 0.29) is 5.91 Å². The van der Waals surface area contributed by atoms with Gasteiger partial charge < -0.3 is 4.90 Å². The van der Waals surface area contributed by atoms with E-state index in [1.165, 1.54) is 0 Å². The maximum absolute atomic E-state index is 12.3. The van der Waals surface area contributed by atoms with E-state index in [9.17, 15) is 4.79 Å². The van der Waals surface area contributed by atoms with Gasteiger partial charge in [-0.25, -0.2) is 0 Å². The predicted molar refractivity (Wildman–Crippen MR) is 85.5 cm³/mol. The summed E-state index contributed by atoms with van der Waals surface area (Å²) in [4.78, 5) is 14.0. The quantitative estimate of drug-likeness (QED) is 0.830. The van der Waals surface area contributed by atoms with Gasteiger partial charge in [-0.05, 0) is 35.7 Å². The lowest BCUT2D eigenvalue weighted by Crippen LogP contribution is -2.27. The summed E-state index contributed by atoms with van der Waals surface area (Å²) in [5.74, 6) is 0.141. The monoisotopic (exact) mass is 331 g/mol. The van der Waals surface area contributed by atoms with E-state index in [1.54, 1.807) is 4.90 Å². The summed E-state index contributed by atoms with van der Waals surface area (Å²) < 4.78 is 1.05. The molecule has 0 heterocycles. The molecule has 104 valence electrons. The molecule has 0 spiro atoms. The smallest absolute Gasteiger partial charge is 0.227 e. The van der Waals surface area contributed by atoms with Crippen molar-refractivity contribution in [2.24, 2.45) is 0 Å². The number of likely N-dealkylation sites (N-methyl/N-ethyl adjacent to an activating group) is 1. The fourth-order valence-corrected chi connectivity index (χ4v) is 2.32. The van der Waals surface area contributed by atoms with Crippen molar-refractivity contribution < 1.29 is 4.79 Å². The summed E-state index contributed by atoms with van der Waals surface area (Å²) in [7, 11) is 1.85. The first-order chi connectivity index (χ1) is 9.56. The summed E-state index contributed by atoms with van der Waals surface area (Å²) in [6, 6.07) is 16.1. The lowest BCUT2D eigenvalue weighted by atomic mass is 10.1. The second-order valence-corrected chi connectivity index (χ2v) is 5.90. The Balaban J connectivity index is 1.99. The number of aryl methyl sites for hydroxylation is 1. The lowest BCUT2D eigenvalue weighted by molar-refractivity contribution is -0.129. The number of halogens is 1. The van der Waals surface area contributed by atoms with Crippen molar-refractivity contribution in [1.29, 1.82) is 0 Å². The summed E-state index contributed by atoms with van der Waals surface area (Å²) in [6.45, 7) is 2.68. The Morgan fingerprint density at radius 1 is 1.10 bits per heavy atom. The molecule has 0 N–H and O–H groups in total. The highest BCUT2D eigenvalue weighted by Crippen LogP contribution is 2.13. The van der Waals surface area contributed by atoms with Gasteiger partial charge in [-0.15, -0.1) is 0 Å². The summed E-state index contributed by atoms with van der Waals surface area (Å²) in [5, 5.41) is 0. The van der Waals surface area contributed by atoms with Crippen molar-refractivity contribution >= 4 is 21.8 Å². The molecular weight excluding hydrogens is 314 g/mol. The van der Waals surface area contributed by atoms with Crippen molar-refractivity contribution in [3.63, 3.8) is 0 Å². The minimum atomic E-state index is 0.141. The topological polar surface area (TPSA) is 20.3 Å². The summed E-state index contributed by atoms with van der Waals surface area (Å²) >= 11 is 3.41. The van der Waals surface area contributed by atoms with Gasteiger partial charge in [0.1, 0.15) is 0 Å². The lowest BCUT2D eigenvalue weighted by Gasteiger charge is -2.18. The standard InChI is InChI=1S/C17H18BrNO/c1-13-5-3-4-6-15(13)11-17(20)19(2)12-14-7-9-16(18)10-8-14/h3-10H,11-12H2,1-2H3. The Bertz CT molecular complexity index is 592. The molecule has 1 amide bonds. The van der Waals surface area contributed by atoms with Crippen LogP contribution >= 0.6 is 15.9 Å². The third kappa shape index (κ3) is 3.94. The average Bonchev–Trinajstić information content (AvgIpc) is 2.44. The minimum Gasteiger partial charge on any atom is -0.341 e. The van der Waals surface area contributed by atoms with E-state index < -0.39 is 0 Å². The molecule has 0 radical (unpaired) electrons. The third-order valence-corrected chi connectivity index (χ3v) is 3.89. The van der Waals surface area contributed by atoms with E-state index in [1.807, 2.05) is 62.5 Å². The fraction of sp³-hybridized carbons (Fsp3) is 0.235. The molecule has 3 heteroatoms. The molecule has 0 saturated heterocycles. The van der Waals surface area contributed by atoms with Gasteiger partial charge in [0.25, 0.3) is 0 Å². The van der Waals surface area contributed by atoms with Crippen LogP contribution in [0.4, 0.5) is 0 Å². The van der Waals surface area contributed by atoms with Crippen LogP contribution < -0.4 is 0 Å². The number of amides is 1. The van der Waals surface area contributed by atoms with Crippen LogP contribution in [0, 0.1) is 6.92 Å². The number of carbonyl (C=O) groups is 1. The Kier molecular flexibility index (Phi) is 4.96. The first kappa shape index (κ1) is 14.8. The van der Waals surface area contributed by atoms with Crippen molar-refractivity contribution in [2.75, 3.05) is 7.05 Å². The predicted octanol–water partition coefficient (Wildman–Crippen LogP) is 3.96. The number of carbonyl (C=O) groups excluding carboxylic acids is 1. The van der Waals surface area contributed by atoms with E-state index in [4.69, 9.17) is 0 Å². The fourth-order valence-electron chi connectivity index (χ4n) is 2.06. The van der Waals surface area contributed by atoms with Gasteiger partial charge in [0.05, 0.1) is 6.42 Å². The van der Waals surface area contributed by atoms with Crippen molar-refractivity contribution in [1.82, 2.24) is 4.90 Å². The average molecular weight is 332 g/mol. The molecule has 20 heavy (non-hydrogen) atoms. The summed E-state index contributed by atoms with van der Waals surface area (Å²) in [6.07, 6.45) is 0.458. The largest absolute Gasteiger partial charge is 0.341 e. The van der Waals surface area contributed by atoms with Crippen LogP contribution in [0.5, 0.6) is 0 Å². The van der Waals surface area contributed by atoms with Gasteiger partial charge in [0, 0.05) is 18.1 Å². The molecule has 0 aliphatic rings. The van der Waals surface area contributed by atoms with Crippen LogP contribution in [0.15, 0.2) is 53.0 Å². The maximum Gasteiger partial charge on any atom is 0.227 e. The Hall–Kier alpha value is -1.61. The first-order valence-corrected chi connectivity index (χ1v) is 7.38. The van der Waals surface area contributed by atoms with Crippen molar-refractivity contribution in [3.8, 4) is 0 Å². The highest BCUT2D eigenvalue weighted by Gasteiger charge is 2.11. The van der Waals surface area contributed by atoms with E-state index in [0.717, 1.165) is 21.2 Å². The molecule has 0 aliphatic heterocycles. The van der Waals surface area contributed by atoms with Gasteiger partial charge in [0.15, 0.2) is 0 Å². The van der Waals surface area contributed by atoms with Crippen LogP contribution in [0.1, 0.15) is 16.7 Å². The van der Waals surface area contributed by atoms with Gasteiger partial charge in [0.2, 0.25) is 5.91 Å². The number of hydrogen-bond acceptors (Lipinski definition) is 1. The minimum absolute atomic E-state index is 0.141. The molecule has 0 atom stereocenters. The van der Waals surface area contributed by atoms with Crippen molar-refractivity contribution in [2.45, 2.75) is 19.9 Å². The normalized spacial score (nSPS) is 10.3. The Morgan fingerprint density at radius 3 is 2.40 bits per heavy atom. The number of hydrogen-bond donors (Lipinski definition) is 0. The van der Waals surface area contributed by atoms with Crippen LogP contribution in [-0.2, 0) is 17.8 Å². The van der Waals surface area contributed by atoms with Gasteiger partial charge >= 0.3 is 0 Å². The second-order valence-electron chi connectivity index (χ2n) is 4.98. The number of benzene rings is 2. The second kappa shape index (κ2) is 6.71. The highest BCUT2D eigenvalue weighted by atomic mass is 79.9. The van der Waals surface area contributed by atoms with Gasteiger partial charge in [-0.3, -0.25) is 4.79 Å². The van der Waals surface area contributed by atoms with Crippen LogP contribution in [0.2, 0.25) is 0 Å². The molecule has 0 bridgehead atoms. The molecular formula is C17H18BrNO. The molecule has 0 unspecified atom stereocenters. The zero-order valence-electron chi connectivity index (χ0n) is 11.8. The van der Waals surface area contributed by atoms with Crippen LogP contribution in [-0.4, -0.2) is 17.9 Å². The van der Waals surface area contributed by atoms with Gasteiger partial charge in [-0.2, -0.15) is 0 Å². The molecule has 2 aromatic carbocycles. The SMILES string of the molecule is Cc1ccccc1CC(=O)N(C)Cc1ccc(Br)cc1. The van der Waals surface area contributed by atoms with Crippen LogP contribution in [0.25, 0.3) is 0 Å². The Labute approximate surface area is 128 Å². The third-order valence-electron chi connectivity index (χ3n) is 3.36. The van der Waals surface area contributed by atoms with E-state index >= 15 is 0 Å². The van der Waals surface area contributed by atoms with Gasteiger partial charge in [-0.1, -0.05) is 52.3 Å². The van der Waals surface area contributed by atoms with Crippen molar-refractivity contribution in [3.05, 3.63) is 69.7 Å².